The van der Waals surface area contributed by atoms with E-state index in [2.05, 4.69) is 21.8 Å². The summed E-state index contributed by atoms with van der Waals surface area (Å²) in [4.78, 5) is 19.5. The van der Waals surface area contributed by atoms with Crippen LogP contribution < -0.4 is 5.32 Å². The van der Waals surface area contributed by atoms with Gasteiger partial charge in [0.05, 0.1) is 12.2 Å². The van der Waals surface area contributed by atoms with Gasteiger partial charge in [-0.1, -0.05) is 6.08 Å². The van der Waals surface area contributed by atoms with Gasteiger partial charge in [0.1, 0.15) is 9.88 Å². The second-order valence-electron chi connectivity index (χ2n) is 4.50. The molecule has 0 unspecified atom stereocenters. The highest BCUT2D eigenvalue weighted by molar-refractivity contribution is 7.13. The first-order valence-electron chi connectivity index (χ1n) is 6.28. The SMILES string of the molecule is C=CCNC(=O)c1sc(CN2CCCC2)nc1C. The van der Waals surface area contributed by atoms with Crippen LogP contribution in [0.25, 0.3) is 0 Å². The van der Waals surface area contributed by atoms with Gasteiger partial charge in [-0.15, -0.1) is 17.9 Å². The smallest absolute Gasteiger partial charge is 0.263 e. The van der Waals surface area contributed by atoms with Crippen LogP contribution in [0.1, 0.15) is 33.2 Å². The van der Waals surface area contributed by atoms with Crippen LogP contribution in [0, 0.1) is 6.92 Å². The topological polar surface area (TPSA) is 45.2 Å². The lowest BCUT2D eigenvalue weighted by Crippen LogP contribution is -2.22. The van der Waals surface area contributed by atoms with Crippen LogP contribution in [0.3, 0.4) is 0 Å². The van der Waals surface area contributed by atoms with Crippen LogP contribution in [-0.4, -0.2) is 35.4 Å². The second-order valence-corrected chi connectivity index (χ2v) is 5.59. The Hall–Kier alpha value is -1.20. The molecule has 1 amide bonds. The van der Waals surface area contributed by atoms with E-state index in [1.807, 2.05) is 6.92 Å². The highest BCUT2D eigenvalue weighted by Gasteiger charge is 2.18. The van der Waals surface area contributed by atoms with Gasteiger partial charge < -0.3 is 5.32 Å². The van der Waals surface area contributed by atoms with Gasteiger partial charge in [0.25, 0.3) is 5.91 Å². The number of likely N-dealkylation sites (tertiary alicyclic amines) is 1. The monoisotopic (exact) mass is 265 g/mol. The minimum Gasteiger partial charge on any atom is -0.348 e. The summed E-state index contributed by atoms with van der Waals surface area (Å²) in [5, 5.41) is 3.84. The Kier molecular flexibility index (Phi) is 4.49. The minimum atomic E-state index is -0.0439. The van der Waals surface area contributed by atoms with E-state index in [9.17, 15) is 4.79 Å². The van der Waals surface area contributed by atoms with Crippen molar-refractivity contribution in [1.29, 1.82) is 0 Å². The van der Waals surface area contributed by atoms with Crippen LogP contribution in [-0.2, 0) is 6.54 Å². The Bertz CT molecular complexity index is 435. The summed E-state index contributed by atoms with van der Waals surface area (Å²) in [6.07, 6.45) is 4.23. The molecule has 0 saturated carbocycles. The lowest BCUT2D eigenvalue weighted by molar-refractivity contribution is 0.0961. The zero-order valence-electron chi connectivity index (χ0n) is 10.7. The Labute approximate surface area is 112 Å². The third-order valence-corrected chi connectivity index (χ3v) is 4.15. The number of carbonyl (C=O) groups is 1. The number of rotatable bonds is 5. The Morgan fingerprint density at radius 1 is 1.56 bits per heavy atom. The van der Waals surface area contributed by atoms with E-state index in [0.717, 1.165) is 35.2 Å². The molecule has 0 atom stereocenters. The number of thiazole rings is 1. The van der Waals surface area contributed by atoms with E-state index in [4.69, 9.17) is 0 Å². The van der Waals surface area contributed by atoms with E-state index in [1.165, 1.54) is 24.2 Å². The molecule has 0 aromatic carbocycles. The minimum absolute atomic E-state index is 0.0439. The fourth-order valence-corrected chi connectivity index (χ4v) is 3.13. The van der Waals surface area contributed by atoms with Crippen molar-refractivity contribution in [3.8, 4) is 0 Å². The number of carbonyl (C=O) groups excluding carboxylic acids is 1. The molecule has 0 aliphatic carbocycles. The highest BCUT2D eigenvalue weighted by Crippen LogP contribution is 2.21. The maximum atomic E-state index is 11.9. The predicted octanol–water partition coefficient (Wildman–Crippen LogP) is 1.96. The average molecular weight is 265 g/mol. The molecule has 4 nitrogen and oxygen atoms in total. The molecule has 2 heterocycles. The summed E-state index contributed by atoms with van der Waals surface area (Å²) in [6.45, 7) is 9.16. The molecule has 0 radical (unpaired) electrons. The fourth-order valence-electron chi connectivity index (χ4n) is 2.11. The predicted molar refractivity (Wildman–Crippen MR) is 73.9 cm³/mol. The van der Waals surface area contributed by atoms with Crippen LogP contribution in [0.15, 0.2) is 12.7 Å². The number of aryl methyl sites for hydroxylation is 1. The maximum Gasteiger partial charge on any atom is 0.263 e. The maximum absolute atomic E-state index is 11.9. The Balaban J connectivity index is 2.01. The molecule has 0 bridgehead atoms. The largest absolute Gasteiger partial charge is 0.348 e. The first-order valence-corrected chi connectivity index (χ1v) is 7.10. The van der Waals surface area contributed by atoms with Crippen molar-refractivity contribution in [2.24, 2.45) is 0 Å². The van der Waals surface area contributed by atoms with Gasteiger partial charge in [0, 0.05) is 6.54 Å². The van der Waals surface area contributed by atoms with Gasteiger partial charge in [-0.05, 0) is 32.9 Å². The van der Waals surface area contributed by atoms with Crippen LogP contribution in [0.2, 0.25) is 0 Å². The summed E-state index contributed by atoms with van der Waals surface area (Å²) >= 11 is 1.51. The van der Waals surface area contributed by atoms with E-state index >= 15 is 0 Å². The molecular formula is C13H19N3OS. The number of nitrogens with zero attached hydrogens (tertiary/aromatic N) is 2. The van der Waals surface area contributed by atoms with E-state index in [-0.39, 0.29) is 5.91 Å². The van der Waals surface area contributed by atoms with Crippen molar-refractivity contribution in [1.82, 2.24) is 15.2 Å². The van der Waals surface area contributed by atoms with Crippen molar-refractivity contribution in [3.63, 3.8) is 0 Å². The molecule has 98 valence electrons. The Morgan fingerprint density at radius 2 is 2.28 bits per heavy atom. The van der Waals surface area contributed by atoms with Gasteiger partial charge in [-0.2, -0.15) is 0 Å². The molecule has 1 fully saturated rings. The van der Waals surface area contributed by atoms with Gasteiger partial charge >= 0.3 is 0 Å². The molecule has 2 rings (SSSR count). The Morgan fingerprint density at radius 3 is 2.94 bits per heavy atom. The fraction of sp³-hybridized carbons (Fsp3) is 0.538. The molecular weight excluding hydrogens is 246 g/mol. The molecule has 1 aliphatic rings. The van der Waals surface area contributed by atoms with Crippen LogP contribution >= 0.6 is 11.3 Å². The molecule has 1 aliphatic heterocycles. The summed E-state index contributed by atoms with van der Waals surface area (Å²) in [6, 6.07) is 0. The summed E-state index contributed by atoms with van der Waals surface area (Å²) in [5.74, 6) is -0.0439. The third-order valence-electron chi connectivity index (χ3n) is 3.01. The number of nitrogens with one attached hydrogen (secondary N) is 1. The van der Waals surface area contributed by atoms with E-state index in [1.54, 1.807) is 6.08 Å². The van der Waals surface area contributed by atoms with Gasteiger partial charge in [0.2, 0.25) is 0 Å². The molecule has 1 saturated heterocycles. The van der Waals surface area contributed by atoms with E-state index < -0.39 is 0 Å². The van der Waals surface area contributed by atoms with Crippen LogP contribution in [0.5, 0.6) is 0 Å². The van der Waals surface area contributed by atoms with E-state index in [0.29, 0.717) is 6.54 Å². The number of aromatic nitrogens is 1. The van der Waals surface area contributed by atoms with Crippen LogP contribution in [0.4, 0.5) is 0 Å². The van der Waals surface area contributed by atoms with Crippen molar-refractivity contribution >= 4 is 17.2 Å². The summed E-state index contributed by atoms with van der Waals surface area (Å²) in [7, 11) is 0. The molecule has 1 N–H and O–H groups in total. The standard InChI is InChI=1S/C13H19N3OS/c1-3-6-14-13(17)12-10(2)15-11(18-12)9-16-7-4-5-8-16/h3H,1,4-9H2,2H3,(H,14,17). The first-order chi connectivity index (χ1) is 8.70. The normalized spacial score (nSPS) is 15.8. The zero-order valence-corrected chi connectivity index (χ0v) is 11.6. The summed E-state index contributed by atoms with van der Waals surface area (Å²) < 4.78 is 0. The van der Waals surface area contributed by atoms with Crippen molar-refractivity contribution in [2.75, 3.05) is 19.6 Å². The number of hydrogen-bond donors (Lipinski definition) is 1. The van der Waals surface area contributed by atoms with Gasteiger partial charge in [-0.25, -0.2) is 4.98 Å². The quantitative estimate of drug-likeness (QED) is 0.828. The molecule has 0 spiro atoms. The van der Waals surface area contributed by atoms with Crippen molar-refractivity contribution in [3.05, 3.63) is 28.2 Å². The highest BCUT2D eigenvalue weighted by atomic mass is 32.1. The first kappa shape index (κ1) is 13.2. The third kappa shape index (κ3) is 3.17. The summed E-state index contributed by atoms with van der Waals surface area (Å²) in [5.41, 5.74) is 0.829. The van der Waals surface area contributed by atoms with Crippen molar-refractivity contribution in [2.45, 2.75) is 26.3 Å². The number of amides is 1. The zero-order chi connectivity index (χ0) is 13.0. The second kappa shape index (κ2) is 6.11. The molecule has 1 aromatic heterocycles. The van der Waals surface area contributed by atoms with Crippen molar-refractivity contribution < 1.29 is 4.79 Å². The lowest BCUT2D eigenvalue weighted by Gasteiger charge is -2.11. The molecule has 5 heteroatoms. The molecule has 18 heavy (non-hydrogen) atoms. The van der Waals surface area contributed by atoms with Gasteiger partial charge in [-0.3, -0.25) is 9.69 Å². The average Bonchev–Trinajstić information content (AvgIpc) is 2.96. The van der Waals surface area contributed by atoms with Gasteiger partial charge in [0.15, 0.2) is 0 Å². The number of hydrogen-bond acceptors (Lipinski definition) is 4. The lowest BCUT2D eigenvalue weighted by atomic mass is 10.3. The molecule has 1 aromatic rings.